The number of aliphatic hydroxyl groups is 1. The first-order chi connectivity index (χ1) is 10.7. The molecule has 4 nitrogen and oxygen atoms in total. The molecule has 1 heterocycles. The summed E-state index contributed by atoms with van der Waals surface area (Å²) in [6.07, 6.45) is 0.308. The number of aliphatic hydroxyl groups excluding tert-OH is 1. The zero-order valence-electron chi connectivity index (χ0n) is 13.3. The van der Waals surface area contributed by atoms with Crippen molar-refractivity contribution in [1.82, 2.24) is 9.80 Å². The lowest BCUT2D eigenvalue weighted by Gasteiger charge is -2.35. The van der Waals surface area contributed by atoms with Crippen molar-refractivity contribution in [3.63, 3.8) is 0 Å². The molecule has 0 bridgehead atoms. The maximum absolute atomic E-state index is 11.7. The van der Waals surface area contributed by atoms with Crippen LogP contribution in [0.1, 0.15) is 18.9 Å². The van der Waals surface area contributed by atoms with Crippen molar-refractivity contribution in [3.05, 3.63) is 35.9 Å². The molecular formula is C17H26N2O2S. The summed E-state index contributed by atoms with van der Waals surface area (Å²) < 4.78 is 0. The molecule has 1 aromatic rings. The zero-order chi connectivity index (χ0) is 15.8. The quantitative estimate of drug-likeness (QED) is 0.778. The van der Waals surface area contributed by atoms with Crippen molar-refractivity contribution in [2.45, 2.75) is 25.2 Å². The fourth-order valence-corrected chi connectivity index (χ4v) is 3.52. The van der Waals surface area contributed by atoms with Crippen molar-refractivity contribution in [3.8, 4) is 0 Å². The molecule has 1 N–H and O–H groups in total. The van der Waals surface area contributed by atoms with Crippen LogP contribution < -0.4 is 0 Å². The summed E-state index contributed by atoms with van der Waals surface area (Å²) in [4.78, 5) is 15.9. The van der Waals surface area contributed by atoms with Gasteiger partial charge in [-0.25, -0.2) is 0 Å². The minimum absolute atomic E-state index is 0.141. The van der Waals surface area contributed by atoms with Crippen LogP contribution in [0.25, 0.3) is 0 Å². The lowest BCUT2D eigenvalue weighted by Crippen LogP contribution is -2.51. The zero-order valence-corrected chi connectivity index (χ0v) is 14.1. The molecule has 1 amide bonds. The molecule has 1 aliphatic rings. The van der Waals surface area contributed by atoms with E-state index in [4.69, 9.17) is 0 Å². The number of benzene rings is 1. The Balaban J connectivity index is 1.55. The van der Waals surface area contributed by atoms with Crippen LogP contribution in [0.3, 0.4) is 0 Å². The third-order valence-corrected chi connectivity index (χ3v) is 5.03. The number of piperazine rings is 1. The highest BCUT2D eigenvalue weighted by Crippen LogP contribution is 2.13. The molecule has 1 atom stereocenters. The summed E-state index contributed by atoms with van der Waals surface area (Å²) in [5.41, 5.74) is 1.39. The molecule has 1 aromatic carbocycles. The molecule has 22 heavy (non-hydrogen) atoms. The second-order valence-corrected chi connectivity index (χ2v) is 6.84. The summed E-state index contributed by atoms with van der Waals surface area (Å²) >= 11 is 1.98. The van der Waals surface area contributed by atoms with Gasteiger partial charge in [-0.3, -0.25) is 9.69 Å². The van der Waals surface area contributed by atoms with E-state index in [9.17, 15) is 9.90 Å². The Morgan fingerprint density at radius 3 is 2.55 bits per heavy atom. The van der Waals surface area contributed by atoms with Crippen molar-refractivity contribution in [1.29, 1.82) is 0 Å². The molecule has 0 saturated carbocycles. The van der Waals surface area contributed by atoms with Gasteiger partial charge in [-0.1, -0.05) is 30.3 Å². The number of rotatable bonds is 7. The average Bonchev–Trinajstić information content (AvgIpc) is 2.55. The Morgan fingerprint density at radius 2 is 1.91 bits per heavy atom. The predicted molar refractivity (Wildman–Crippen MR) is 91.9 cm³/mol. The van der Waals surface area contributed by atoms with Gasteiger partial charge in [0.05, 0.1) is 0 Å². The first kappa shape index (κ1) is 17.3. The molecule has 0 aromatic heterocycles. The van der Waals surface area contributed by atoms with Gasteiger partial charge in [0.1, 0.15) is 6.10 Å². The van der Waals surface area contributed by atoms with Crippen molar-refractivity contribution >= 4 is 17.7 Å². The second-order valence-electron chi connectivity index (χ2n) is 5.73. The molecule has 2 rings (SSSR count). The van der Waals surface area contributed by atoms with Gasteiger partial charge in [-0.2, -0.15) is 11.8 Å². The summed E-state index contributed by atoms with van der Waals surface area (Å²) in [6.45, 7) is 5.95. The SMILES string of the molecule is CC(O)C(=O)N1CCN(CCCSCc2ccccc2)CC1. The molecule has 1 aliphatic heterocycles. The molecule has 0 radical (unpaired) electrons. The van der Waals surface area contributed by atoms with E-state index >= 15 is 0 Å². The lowest BCUT2D eigenvalue weighted by molar-refractivity contribution is -0.141. The highest BCUT2D eigenvalue weighted by atomic mass is 32.2. The minimum Gasteiger partial charge on any atom is -0.384 e. The summed E-state index contributed by atoms with van der Waals surface area (Å²) in [7, 11) is 0. The number of nitrogens with zero attached hydrogens (tertiary/aromatic N) is 2. The van der Waals surface area contributed by atoms with Crippen LogP contribution >= 0.6 is 11.8 Å². The van der Waals surface area contributed by atoms with E-state index in [1.54, 1.807) is 11.8 Å². The van der Waals surface area contributed by atoms with Gasteiger partial charge in [0.15, 0.2) is 0 Å². The van der Waals surface area contributed by atoms with E-state index in [0.29, 0.717) is 0 Å². The number of carbonyl (C=O) groups excluding carboxylic acids is 1. The Morgan fingerprint density at radius 1 is 1.23 bits per heavy atom. The topological polar surface area (TPSA) is 43.8 Å². The number of amides is 1. The second kappa shape index (κ2) is 9.18. The van der Waals surface area contributed by atoms with Crippen molar-refractivity contribution in [2.24, 2.45) is 0 Å². The number of hydrogen-bond donors (Lipinski definition) is 1. The van der Waals surface area contributed by atoms with Crippen molar-refractivity contribution < 1.29 is 9.90 Å². The van der Waals surface area contributed by atoms with Crippen LogP contribution in [0, 0.1) is 0 Å². The third kappa shape index (κ3) is 5.63. The van der Waals surface area contributed by atoms with Crippen LogP contribution in [-0.4, -0.2) is 65.4 Å². The molecule has 0 aliphatic carbocycles. The summed E-state index contributed by atoms with van der Waals surface area (Å²) in [5.74, 6) is 2.11. The minimum atomic E-state index is -0.874. The summed E-state index contributed by atoms with van der Waals surface area (Å²) in [6, 6.07) is 10.6. The van der Waals surface area contributed by atoms with Gasteiger partial charge in [0.25, 0.3) is 5.91 Å². The van der Waals surface area contributed by atoms with Crippen LogP contribution in [-0.2, 0) is 10.5 Å². The van der Waals surface area contributed by atoms with E-state index in [1.807, 2.05) is 11.8 Å². The summed E-state index contributed by atoms with van der Waals surface area (Å²) in [5, 5.41) is 9.33. The molecule has 1 fully saturated rings. The predicted octanol–water partition coefficient (Wildman–Crippen LogP) is 1.83. The highest BCUT2D eigenvalue weighted by Gasteiger charge is 2.23. The van der Waals surface area contributed by atoms with E-state index in [2.05, 4.69) is 35.2 Å². The van der Waals surface area contributed by atoms with E-state index in [1.165, 1.54) is 17.7 Å². The Labute approximate surface area is 137 Å². The molecule has 1 saturated heterocycles. The maximum atomic E-state index is 11.7. The standard InChI is InChI=1S/C17H26N2O2S/c1-15(20)17(21)19-11-9-18(10-12-19)8-5-13-22-14-16-6-3-2-4-7-16/h2-4,6-7,15,20H,5,8-14H2,1H3. The molecule has 5 heteroatoms. The lowest BCUT2D eigenvalue weighted by atomic mass is 10.2. The normalized spacial score (nSPS) is 17.5. The molecular weight excluding hydrogens is 296 g/mol. The van der Waals surface area contributed by atoms with E-state index in [-0.39, 0.29) is 5.91 Å². The highest BCUT2D eigenvalue weighted by molar-refractivity contribution is 7.98. The Hall–Kier alpha value is -1.04. The Kier molecular flexibility index (Phi) is 7.22. The van der Waals surface area contributed by atoms with Crippen LogP contribution in [0.4, 0.5) is 0 Å². The first-order valence-corrected chi connectivity index (χ1v) is 9.13. The molecule has 0 spiro atoms. The largest absolute Gasteiger partial charge is 0.384 e. The van der Waals surface area contributed by atoms with Gasteiger partial charge >= 0.3 is 0 Å². The average molecular weight is 322 g/mol. The fraction of sp³-hybridized carbons (Fsp3) is 0.588. The van der Waals surface area contributed by atoms with Crippen LogP contribution in [0.15, 0.2) is 30.3 Å². The maximum Gasteiger partial charge on any atom is 0.251 e. The number of hydrogen-bond acceptors (Lipinski definition) is 4. The van der Waals surface area contributed by atoms with Crippen LogP contribution in [0.2, 0.25) is 0 Å². The van der Waals surface area contributed by atoms with Gasteiger partial charge in [-0.15, -0.1) is 0 Å². The number of thioether (sulfide) groups is 1. The smallest absolute Gasteiger partial charge is 0.251 e. The number of carbonyl (C=O) groups is 1. The van der Waals surface area contributed by atoms with Crippen LogP contribution in [0.5, 0.6) is 0 Å². The van der Waals surface area contributed by atoms with Gasteiger partial charge in [0, 0.05) is 31.9 Å². The van der Waals surface area contributed by atoms with Crippen molar-refractivity contribution in [2.75, 3.05) is 38.5 Å². The van der Waals surface area contributed by atoms with E-state index < -0.39 is 6.10 Å². The van der Waals surface area contributed by atoms with Gasteiger partial charge in [-0.05, 0) is 31.2 Å². The van der Waals surface area contributed by atoms with Gasteiger partial charge < -0.3 is 10.0 Å². The molecule has 1 unspecified atom stereocenters. The van der Waals surface area contributed by atoms with Gasteiger partial charge in [0.2, 0.25) is 0 Å². The monoisotopic (exact) mass is 322 g/mol. The fourth-order valence-electron chi connectivity index (χ4n) is 2.61. The Bertz CT molecular complexity index is 445. The molecule has 122 valence electrons. The van der Waals surface area contributed by atoms with E-state index in [0.717, 1.165) is 38.5 Å². The third-order valence-electron chi connectivity index (χ3n) is 3.92. The first-order valence-electron chi connectivity index (χ1n) is 7.97.